The molecule has 4 rings (SSSR count). The highest BCUT2D eigenvalue weighted by Crippen LogP contribution is 2.47. The van der Waals surface area contributed by atoms with Crippen LogP contribution in [-0.2, 0) is 28.5 Å². The van der Waals surface area contributed by atoms with Crippen LogP contribution in [0.5, 0.6) is 0 Å². The molecule has 0 amide bonds. The van der Waals surface area contributed by atoms with Gasteiger partial charge in [-0.15, -0.1) is 0 Å². The molecule has 4 fully saturated rings. The van der Waals surface area contributed by atoms with Gasteiger partial charge in [-0.05, 0) is 56.8 Å². The molecule has 0 radical (unpaired) electrons. The average molecular weight is 395 g/mol. The van der Waals surface area contributed by atoms with E-state index in [9.17, 15) is 9.59 Å². The maximum absolute atomic E-state index is 13.2. The summed E-state index contributed by atoms with van der Waals surface area (Å²) in [7, 11) is 0. The first kappa shape index (κ1) is 20.1. The van der Waals surface area contributed by atoms with E-state index in [1.54, 1.807) is 0 Å². The van der Waals surface area contributed by atoms with Gasteiger partial charge in [-0.25, -0.2) is 0 Å². The van der Waals surface area contributed by atoms with Crippen molar-refractivity contribution in [1.82, 2.24) is 0 Å². The first-order valence-corrected chi connectivity index (χ1v) is 11.4. The van der Waals surface area contributed by atoms with Crippen molar-refractivity contribution in [2.45, 2.75) is 89.6 Å². The summed E-state index contributed by atoms with van der Waals surface area (Å²) in [5, 5.41) is 0. The first-order chi connectivity index (χ1) is 13.7. The van der Waals surface area contributed by atoms with Gasteiger partial charge in [0.2, 0.25) is 12.6 Å². The van der Waals surface area contributed by atoms with Gasteiger partial charge in [0, 0.05) is 12.8 Å². The third kappa shape index (κ3) is 4.70. The molecule has 2 saturated heterocycles. The minimum Gasteiger partial charge on any atom is -0.436 e. The summed E-state index contributed by atoms with van der Waals surface area (Å²) in [4.78, 5) is 26.2. The first-order valence-electron chi connectivity index (χ1n) is 11.4. The third-order valence-electron chi connectivity index (χ3n) is 7.06. The Kier molecular flexibility index (Phi) is 6.89. The largest absolute Gasteiger partial charge is 0.436 e. The number of rotatable bonds is 4. The van der Waals surface area contributed by atoms with Gasteiger partial charge in [0.15, 0.2) is 0 Å². The lowest BCUT2D eigenvalue weighted by Crippen LogP contribution is -2.47. The van der Waals surface area contributed by atoms with Crippen molar-refractivity contribution in [2.75, 3.05) is 13.2 Å². The average Bonchev–Trinajstić information content (AvgIpc) is 2.74. The number of ether oxygens (including phenoxy) is 4. The second-order valence-corrected chi connectivity index (χ2v) is 8.88. The molecule has 0 aromatic carbocycles. The van der Waals surface area contributed by atoms with Gasteiger partial charge in [0.1, 0.15) is 0 Å². The molecule has 2 aliphatic heterocycles. The van der Waals surface area contributed by atoms with Crippen molar-refractivity contribution in [2.24, 2.45) is 23.7 Å². The van der Waals surface area contributed by atoms with Gasteiger partial charge in [-0.3, -0.25) is 9.59 Å². The van der Waals surface area contributed by atoms with Crippen LogP contribution in [0.3, 0.4) is 0 Å². The van der Waals surface area contributed by atoms with Crippen LogP contribution in [0.1, 0.15) is 77.0 Å². The van der Waals surface area contributed by atoms with Crippen molar-refractivity contribution in [3.05, 3.63) is 0 Å². The zero-order valence-corrected chi connectivity index (χ0v) is 16.8. The second-order valence-electron chi connectivity index (χ2n) is 8.88. The second kappa shape index (κ2) is 9.57. The normalized spacial score (nSPS) is 38.9. The lowest BCUT2D eigenvalue weighted by atomic mass is 9.61. The lowest BCUT2D eigenvalue weighted by molar-refractivity contribution is -0.208. The number of carbonyl (C=O) groups is 2. The van der Waals surface area contributed by atoms with Crippen molar-refractivity contribution >= 4 is 11.9 Å². The molecule has 0 aromatic heterocycles. The predicted octanol–water partition coefficient (Wildman–Crippen LogP) is 3.96. The Labute approximate surface area is 167 Å². The van der Waals surface area contributed by atoms with Gasteiger partial charge in [-0.2, -0.15) is 0 Å². The van der Waals surface area contributed by atoms with E-state index in [0.29, 0.717) is 25.6 Å². The van der Waals surface area contributed by atoms with Crippen LogP contribution in [-0.4, -0.2) is 37.7 Å². The summed E-state index contributed by atoms with van der Waals surface area (Å²) in [6, 6.07) is 0. The number of esters is 2. The van der Waals surface area contributed by atoms with Crippen LogP contribution < -0.4 is 0 Å². The highest BCUT2D eigenvalue weighted by atomic mass is 16.7. The Bertz CT molecular complexity index is 537. The van der Waals surface area contributed by atoms with Crippen LogP contribution in [0.4, 0.5) is 0 Å². The monoisotopic (exact) mass is 394 g/mol. The maximum atomic E-state index is 13.2. The van der Waals surface area contributed by atoms with Crippen LogP contribution in [0.2, 0.25) is 0 Å². The van der Waals surface area contributed by atoms with E-state index < -0.39 is 24.4 Å². The molecule has 158 valence electrons. The fourth-order valence-electron chi connectivity index (χ4n) is 5.58. The molecule has 2 saturated carbocycles. The SMILES string of the molecule is O=C(OC1CCCCO1)C1CCC2CCCCC2C1C(=O)OC1CCCCO1. The van der Waals surface area contributed by atoms with E-state index in [1.165, 1.54) is 6.42 Å². The molecule has 0 spiro atoms. The molecular formula is C22H34O6. The molecule has 0 aromatic rings. The maximum Gasteiger partial charge on any atom is 0.312 e. The number of hydrogen-bond acceptors (Lipinski definition) is 6. The quantitative estimate of drug-likeness (QED) is 0.672. The highest BCUT2D eigenvalue weighted by molar-refractivity contribution is 5.82. The van der Waals surface area contributed by atoms with Gasteiger partial charge in [0.25, 0.3) is 0 Å². The van der Waals surface area contributed by atoms with Crippen molar-refractivity contribution in [3.8, 4) is 0 Å². The molecule has 6 nitrogen and oxygen atoms in total. The predicted molar refractivity (Wildman–Crippen MR) is 101 cm³/mol. The van der Waals surface area contributed by atoms with Crippen LogP contribution in [0, 0.1) is 23.7 Å². The zero-order chi connectivity index (χ0) is 19.3. The molecule has 6 heteroatoms. The Morgan fingerprint density at radius 1 is 0.643 bits per heavy atom. The summed E-state index contributed by atoms with van der Waals surface area (Å²) in [6.07, 6.45) is 10.8. The minimum atomic E-state index is -0.455. The molecule has 6 atom stereocenters. The standard InChI is InChI=1S/C22H34O6/c23-21(27-18-9-3-5-13-25-18)17-12-11-15-7-1-2-8-16(15)20(17)22(24)28-19-10-4-6-14-26-19/h15-20H,1-14H2. The third-order valence-corrected chi connectivity index (χ3v) is 7.06. The topological polar surface area (TPSA) is 71.1 Å². The molecule has 2 aliphatic carbocycles. The molecule has 6 unspecified atom stereocenters. The summed E-state index contributed by atoms with van der Waals surface area (Å²) in [6.45, 7) is 1.27. The highest BCUT2D eigenvalue weighted by Gasteiger charge is 2.49. The van der Waals surface area contributed by atoms with E-state index in [2.05, 4.69) is 0 Å². The zero-order valence-electron chi connectivity index (χ0n) is 16.8. The molecule has 28 heavy (non-hydrogen) atoms. The van der Waals surface area contributed by atoms with Crippen LogP contribution in [0.15, 0.2) is 0 Å². The van der Waals surface area contributed by atoms with E-state index >= 15 is 0 Å². The molecule has 4 aliphatic rings. The van der Waals surface area contributed by atoms with Crippen LogP contribution >= 0.6 is 0 Å². The van der Waals surface area contributed by atoms with Crippen molar-refractivity contribution < 1.29 is 28.5 Å². The summed E-state index contributed by atoms with van der Waals surface area (Å²) in [5.74, 6) is -0.601. The molecule has 2 heterocycles. The smallest absolute Gasteiger partial charge is 0.312 e. The number of fused-ring (bicyclic) bond motifs is 1. The van der Waals surface area contributed by atoms with E-state index in [0.717, 1.165) is 64.2 Å². The van der Waals surface area contributed by atoms with E-state index in [-0.39, 0.29) is 17.9 Å². The van der Waals surface area contributed by atoms with E-state index in [1.807, 2.05) is 0 Å². The van der Waals surface area contributed by atoms with Crippen LogP contribution in [0.25, 0.3) is 0 Å². The Morgan fingerprint density at radius 2 is 1.25 bits per heavy atom. The van der Waals surface area contributed by atoms with E-state index in [4.69, 9.17) is 18.9 Å². The van der Waals surface area contributed by atoms with Gasteiger partial charge >= 0.3 is 11.9 Å². The molecule has 0 N–H and O–H groups in total. The molecule has 0 bridgehead atoms. The van der Waals surface area contributed by atoms with Crippen molar-refractivity contribution in [3.63, 3.8) is 0 Å². The summed E-state index contributed by atoms with van der Waals surface area (Å²) in [5.41, 5.74) is 0. The van der Waals surface area contributed by atoms with Gasteiger partial charge in [0.05, 0.1) is 25.0 Å². The number of carbonyl (C=O) groups excluding carboxylic acids is 2. The van der Waals surface area contributed by atoms with Gasteiger partial charge in [-0.1, -0.05) is 19.3 Å². The fourth-order valence-corrected chi connectivity index (χ4v) is 5.58. The summed E-state index contributed by atoms with van der Waals surface area (Å²) >= 11 is 0. The summed E-state index contributed by atoms with van der Waals surface area (Å²) < 4.78 is 22.6. The van der Waals surface area contributed by atoms with Gasteiger partial charge < -0.3 is 18.9 Å². The van der Waals surface area contributed by atoms with Crippen molar-refractivity contribution in [1.29, 1.82) is 0 Å². The minimum absolute atomic E-state index is 0.225. The Hall–Kier alpha value is -1.14. The molecular weight excluding hydrogens is 360 g/mol. The Balaban J connectivity index is 1.45. The Morgan fingerprint density at radius 3 is 1.89 bits per heavy atom. The fraction of sp³-hybridized carbons (Fsp3) is 0.909. The lowest BCUT2D eigenvalue weighted by Gasteiger charge is -2.44. The number of hydrogen-bond donors (Lipinski definition) is 0.